The number of esters is 1. The summed E-state index contributed by atoms with van der Waals surface area (Å²) in [6.07, 6.45) is 8.62. The number of ether oxygens (including phenoxy) is 1. The van der Waals surface area contributed by atoms with Crippen LogP contribution in [0.3, 0.4) is 0 Å². The van der Waals surface area contributed by atoms with Crippen LogP contribution in [0.25, 0.3) is 0 Å². The molecule has 0 unspecified atom stereocenters. The van der Waals surface area contributed by atoms with Gasteiger partial charge in [-0.1, -0.05) is 12.5 Å². The second kappa shape index (κ2) is 5.27. The molecule has 3 aliphatic rings. The van der Waals surface area contributed by atoms with Gasteiger partial charge in [0.05, 0.1) is 18.8 Å². The second-order valence-electron chi connectivity index (χ2n) is 5.66. The fraction of sp³-hybridized carbons (Fsp3) is 0.667. The monoisotopic (exact) mass is 262 g/mol. The van der Waals surface area contributed by atoms with Gasteiger partial charge in [-0.2, -0.15) is 4.58 Å². The van der Waals surface area contributed by atoms with Gasteiger partial charge in [-0.25, -0.2) is 4.79 Å². The predicted molar refractivity (Wildman–Crippen MR) is 70.0 cm³/mol. The lowest BCUT2D eigenvalue weighted by Crippen LogP contribution is -2.25. The number of nitrogens with zero attached hydrogens (tertiary/aromatic N) is 1. The molecular weight excluding hydrogens is 242 g/mol. The first-order valence-electron chi connectivity index (χ1n) is 7.23. The number of amides is 1. The summed E-state index contributed by atoms with van der Waals surface area (Å²) in [5.41, 5.74) is 2.51. The van der Waals surface area contributed by atoms with Crippen molar-refractivity contribution in [2.45, 2.75) is 44.9 Å². The van der Waals surface area contributed by atoms with E-state index < -0.39 is 0 Å². The van der Waals surface area contributed by atoms with Crippen LogP contribution in [0.15, 0.2) is 11.6 Å². The zero-order valence-electron chi connectivity index (χ0n) is 11.2. The molecule has 102 valence electrons. The maximum Gasteiger partial charge on any atom is 0.387 e. The Labute approximate surface area is 113 Å². The van der Waals surface area contributed by atoms with E-state index >= 15 is 0 Å². The van der Waals surface area contributed by atoms with Gasteiger partial charge in [0.25, 0.3) is 0 Å². The van der Waals surface area contributed by atoms with Gasteiger partial charge in [-0.05, 0) is 18.4 Å². The smallest absolute Gasteiger partial charge is 0.387 e. The fourth-order valence-electron chi connectivity index (χ4n) is 3.34. The molecule has 0 radical (unpaired) electrons. The Bertz CT molecular complexity index is 476. The zero-order chi connectivity index (χ0) is 13.2. The third-order valence-electron chi connectivity index (χ3n) is 4.41. The number of carbonyl (C=O) groups excluding carboxylic acids is 2. The molecule has 2 heterocycles. The van der Waals surface area contributed by atoms with Crippen LogP contribution >= 0.6 is 0 Å². The van der Waals surface area contributed by atoms with Crippen LogP contribution in [-0.4, -0.2) is 35.3 Å². The standard InChI is InChI=1S/C15H20NO3/c17-14-9-12-3-1-2-4-13(12)16(14)8-7-11-5-6-15(18)19-10-11/h5,12H,1-4,6-10H2/q+1/t12-/m0/s1. The molecule has 0 spiro atoms. The van der Waals surface area contributed by atoms with Gasteiger partial charge < -0.3 is 4.74 Å². The van der Waals surface area contributed by atoms with E-state index in [-0.39, 0.29) is 11.9 Å². The minimum absolute atomic E-state index is 0.150. The molecule has 1 amide bonds. The summed E-state index contributed by atoms with van der Waals surface area (Å²) in [4.78, 5) is 23.0. The van der Waals surface area contributed by atoms with Crippen LogP contribution in [0.4, 0.5) is 0 Å². The molecule has 0 N–H and O–H groups in total. The molecule has 4 nitrogen and oxygen atoms in total. The van der Waals surface area contributed by atoms with Crippen molar-refractivity contribution in [2.75, 3.05) is 13.2 Å². The molecule has 1 aliphatic carbocycles. The Morgan fingerprint density at radius 2 is 2.21 bits per heavy atom. The van der Waals surface area contributed by atoms with Crippen molar-refractivity contribution in [3.63, 3.8) is 0 Å². The number of hydrogen-bond donors (Lipinski definition) is 0. The minimum atomic E-state index is -0.150. The maximum absolute atomic E-state index is 12.1. The van der Waals surface area contributed by atoms with Crippen LogP contribution < -0.4 is 0 Å². The maximum atomic E-state index is 12.1. The summed E-state index contributed by atoms with van der Waals surface area (Å²) in [7, 11) is 0. The average molecular weight is 262 g/mol. The van der Waals surface area contributed by atoms with E-state index in [0.29, 0.717) is 25.4 Å². The summed E-state index contributed by atoms with van der Waals surface area (Å²) < 4.78 is 7.02. The average Bonchev–Trinajstić information content (AvgIpc) is 2.74. The largest absolute Gasteiger partial charge is 0.461 e. The molecule has 4 heteroatoms. The predicted octanol–water partition coefficient (Wildman–Crippen LogP) is 1.82. The SMILES string of the molecule is O=C1CC=C(CC[N+]2=C3CCCC[C@H]3CC2=O)CO1. The molecule has 1 saturated carbocycles. The number of carbonyl (C=O) groups is 2. The number of cyclic esters (lactones) is 1. The van der Waals surface area contributed by atoms with Crippen molar-refractivity contribution in [3.05, 3.63) is 11.6 Å². The summed E-state index contributed by atoms with van der Waals surface area (Å²) in [5, 5.41) is 0. The highest BCUT2D eigenvalue weighted by Crippen LogP contribution is 2.29. The van der Waals surface area contributed by atoms with E-state index in [4.69, 9.17) is 4.74 Å². The topological polar surface area (TPSA) is 46.4 Å². The molecule has 3 rings (SSSR count). The molecule has 1 atom stereocenters. The van der Waals surface area contributed by atoms with E-state index in [1.165, 1.54) is 25.0 Å². The third-order valence-corrected chi connectivity index (χ3v) is 4.41. The van der Waals surface area contributed by atoms with Crippen molar-refractivity contribution in [1.29, 1.82) is 0 Å². The highest BCUT2D eigenvalue weighted by molar-refractivity contribution is 5.94. The van der Waals surface area contributed by atoms with Crippen molar-refractivity contribution < 1.29 is 18.9 Å². The minimum Gasteiger partial charge on any atom is -0.461 e. The van der Waals surface area contributed by atoms with Gasteiger partial charge in [0, 0.05) is 12.8 Å². The highest BCUT2D eigenvalue weighted by Gasteiger charge is 2.41. The molecule has 0 aromatic carbocycles. The van der Waals surface area contributed by atoms with E-state index in [1.54, 1.807) is 0 Å². The Balaban J connectivity index is 1.65. The summed E-state index contributed by atoms with van der Waals surface area (Å²) in [5.74, 6) is 0.650. The lowest BCUT2D eigenvalue weighted by molar-refractivity contribution is -0.444. The van der Waals surface area contributed by atoms with Crippen LogP contribution in [-0.2, 0) is 14.3 Å². The Hall–Kier alpha value is -1.45. The van der Waals surface area contributed by atoms with E-state index in [1.807, 2.05) is 10.7 Å². The van der Waals surface area contributed by atoms with Gasteiger partial charge in [0.15, 0.2) is 12.3 Å². The first kappa shape index (κ1) is 12.6. The number of hydrogen-bond acceptors (Lipinski definition) is 3. The summed E-state index contributed by atoms with van der Waals surface area (Å²) >= 11 is 0. The van der Waals surface area contributed by atoms with Crippen molar-refractivity contribution in [1.82, 2.24) is 0 Å². The molecule has 1 fully saturated rings. The van der Waals surface area contributed by atoms with Crippen molar-refractivity contribution in [2.24, 2.45) is 5.92 Å². The molecule has 2 aliphatic heterocycles. The lowest BCUT2D eigenvalue weighted by atomic mass is 9.87. The van der Waals surface area contributed by atoms with Crippen molar-refractivity contribution >= 4 is 17.6 Å². The molecule has 0 aromatic heterocycles. The normalized spacial score (nSPS) is 27.2. The van der Waals surface area contributed by atoms with Crippen molar-refractivity contribution in [3.8, 4) is 0 Å². The van der Waals surface area contributed by atoms with Crippen LogP contribution in [0.5, 0.6) is 0 Å². The van der Waals surface area contributed by atoms with Gasteiger partial charge >= 0.3 is 11.9 Å². The fourth-order valence-corrected chi connectivity index (χ4v) is 3.34. The zero-order valence-corrected chi connectivity index (χ0v) is 11.2. The molecule has 19 heavy (non-hydrogen) atoms. The quantitative estimate of drug-likeness (QED) is 0.443. The van der Waals surface area contributed by atoms with Crippen LogP contribution in [0.2, 0.25) is 0 Å². The van der Waals surface area contributed by atoms with E-state index in [9.17, 15) is 9.59 Å². The first-order valence-corrected chi connectivity index (χ1v) is 7.23. The molecule has 0 aromatic rings. The van der Waals surface area contributed by atoms with Gasteiger partial charge in [-0.15, -0.1) is 0 Å². The van der Waals surface area contributed by atoms with E-state index in [0.717, 1.165) is 25.0 Å². The third kappa shape index (κ3) is 2.62. The lowest BCUT2D eigenvalue weighted by Gasteiger charge is -2.15. The van der Waals surface area contributed by atoms with Gasteiger partial charge in [0.1, 0.15) is 6.61 Å². The van der Waals surface area contributed by atoms with Gasteiger partial charge in [-0.3, -0.25) is 4.79 Å². The molecule has 0 saturated heterocycles. The van der Waals surface area contributed by atoms with Crippen LogP contribution in [0.1, 0.15) is 44.9 Å². The highest BCUT2D eigenvalue weighted by atomic mass is 16.5. The Kier molecular flexibility index (Phi) is 3.49. The summed E-state index contributed by atoms with van der Waals surface area (Å²) in [6, 6.07) is 0. The number of fused-ring (bicyclic) bond motifs is 1. The summed E-state index contributed by atoms with van der Waals surface area (Å²) in [6.45, 7) is 1.16. The van der Waals surface area contributed by atoms with E-state index in [2.05, 4.69) is 0 Å². The Morgan fingerprint density at radius 3 is 3.00 bits per heavy atom. The van der Waals surface area contributed by atoms with Crippen LogP contribution in [0, 0.1) is 5.92 Å². The number of rotatable bonds is 3. The molecule has 0 bridgehead atoms. The first-order chi connectivity index (χ1) is 9.24. The molecular formula is C15H20NO3+. The van der Waals surface area contributed by atoms with Gasteiger partial charge in [0.2, 0.25) is 0 Å². The second-order valence-corrected chi connectivity index (χ2v) is 5.66. The Morgan fingerprint density at radius 1 is 1.32 bits per heavy atom.